The summed E-state index contributed by atoms with van der Waals surface area (Å²) in [5.74, 6) is -0.162. The number of nitrogens with one attached hydrogen (secondary N) is 1. The van der Waals surface area contributed by atoms with E-state index in [1.807, 2.05) is 20.8 Å². The maximum Gasteiger partial charge on any atom is 0.331 e. The highest BCUT2D eigenvalue weighted by atomic mass is 79.9. The molecule has 0 aromatic heterocycles. The normalized spacial score (nSPS) is 19.4. The van der Waals surface area contributed by atoms with Crippen molar-refractivity contribution in [2.24, 2.45) is 0 Å². The number of carbonyl (C=O) groups excluding carboxylic acids is 3. The fourth-order valence-corrected chi connectivity index (χ4v) is 4.35. The maximum atomic E-state index is 13.1. The van der Waals surface area contributed by atoms with Crippen molar-refractivity contribution in [3.8, 4) is 11.5 Å². The van der Waals surface area contributed by atoms with E-state index in [1.165, 1.54) is 11.0 Å². The van der Waals surface area contributed by atoms with Crippen molar-refractivity contribution in [2.45, 2.75) is 65.0 Å². The van der Waals surface area contributed by atoms with Crippen LogP contribution in [0.25, 0.3) is 6.08 Å². The molecule has 8 heteroatoms. The van der Waals surface area contributed by atoms with Gasteiger partial charge in [0, 0.05) is 6.04 Å². The lowest BCUT2D eigenvalue weighted by atomic mass is 9.93. The zero-order valence-electron chi connectivity index (χ0n) is 17.5. The van der Waals surface area contributed by atoms with E-state index in [1.54, 1.807) is 12.1 Å². The number of rotatable bonds is 6. The number of barbiturate groups is 1. The first-order valence-electron chi connectivity index (χ1n) is 10.3. The standard InChI is InChI=1S/C22H27BrN2O5/c1-4-29-18-12-14(11-17(23)19(18)30-13(2)3)10-16-20(26)24-22(28)25(21(16)27)15-8-6-5-7-9-15/h10-13,15H,4-9H2,1-3H3,(H,24,26,28). The Morgan fingerprint density at radius 2 is 1.90 bits per heavy atom. The molecule has 30 heavy (non-hydrogen) atoms. The van der Waals surface area contributed by atoms with Gasteiger partial charge in [0.05, 0.1) is 17.2 Å². The van der Waals surface area contributed by atoms with Crippen molar-refractivity contribution in [1.82, 2.24) is 10.2 Å². The van der Waals surface area contributed by atoms with E-state index in [9.17, 15) is 14.4 Å². The second-order valence-electron chi connectivity index (χ2n) is 7.71. The zero-order valence-corrected chi connectivity index (χ0v) is 19.1. The Hall–Kier alpha value is -2.35. The van der Waals surface area contributed by atoms with Crippen LogP contribution in [0.2, 0.25) is 0 Å². The Kier molecular flexibility index (Phi) is 7.18. The van der Waals surface area contributed by atoms with Crippen LogP contribution in [-0.4, -0.2) is 41.5 Å². The number of carbonyl (C=O) groups is 3. The van der Waals surface area contributed by atoms with Crippen molar-refractivity contribution in [3.05, 3.63) is 27.7 Å². The summed E-state index contributed by atoms with van der Waals surface area (Å²) in [6.45, 7) is 6.13. The summed E-state index contributed by atoms with van der Waals surface area (Å²) in [6.07, 6.45) is 6.01. The summed E-state index contributed by atoms with van der Waals surface area (Å²) in [4.78, 5) is 39.1. The van der Waals surface area contributed by atoms with Gasteiger partial charge in [-0.15, -0.1) is 0 Å². The molecule has 1 aliphatic heterocycles. The van der Waals surface area contributed by atoms with Crippen LogP contribution in [0.15, 0.2) is 22.2 Å². The topological polar surface area (TPSA) is 84.9 Å². The Morgan fingerprint density at radius 1 is 1.20 bits per heavy atom. The molecule has 0 atom stereocenters. The van der Waals surface area contributed by atoms with Gasteiger partial charge in [-0.2, -0.15) is 0 Å². The molecule has 1 saturated heterocycles. The Bertz CT molecular complexity index is 875. The average molecular weight is 479 g/mol. The molecule has 3 rings (SSSR count). The average Bonchev–Trinajstić information content (AvgIpc) is 2.68. The van der Waals surface area contributed by atoms with Crippen molar-refractivity contribution in [3.63, 3.8) is 0 Å². The molecule has 162 valence electrons. The molecule has 0 unspecified atom stereocenters. The summed E-state index contributed by atoms with van der Waals surface area (Å²) in [7, 11) is 0. The number of hydrogen-bond acceptors (Lipinski definition) is 5. The van der Waals surface area contributed by atoms with Crippen molar-refractivity contribution >= 4 is 39.9 Å². The van der Waals surface area contributed by atoms with E-state index in [0.717, 1.165) is 32.1 Å². The highest BCUT2D eigenvalue weighted by Gasteiger charge is 2.40. The minimum absolute atomic E-state index is 0.0505. The van der Waals surface area contributed by atoms with E-state index >= 15 is 0 Å². The molecule has 1 aromatic carbocycles. The van der Waals surface area contributed by atoms with Gasteiger partial charge in [0.2, 0.25) is 0 Å². The molecule has 2 aliphatic rings. The fraction of sp³-hybridized carbons (Fsp3) is 0.500. The largest absolute Gasteiger partial charge is 0.490 e. The monoisotopic (exact) mass is 478 g/mol. The highest BCUT2D eigenvalue weighted by molar-refractivity contribution is 9.10. The van der Waals surface area contributed by atoms with Gasteiger partial charge in [-0.1, -0.05) is 19.3 Å². The summed E-state index contributed by atoms with van der Waals surface area (Å²) >= 11 is 3.49. The second kappa shape index (κ2) is 9.64. The van der Waals surface area contributed by atoms with Gasteiger partial charge in [-0.3, -0.25) is 19.8 Å². The van der Waals surface area contributed by atoms with Crippen molar-refractivity contribution in [2.75, 3.05) is 6.61 Å². The number of amides is 4. The molecule has 0 bridgehead atoms. The molecule has 4 amide bonds. The van der Waals surface area contributed by atoms with Gasteiger partial charge in [0.15, 0.2) is 11.5 Å². The Balaban J connectivity index is 1.96. The van der Waals surface area contributed by atoms with Gasteiger partial charge >= 0.3 is 6.03 Å². The highest BCUT2D eigenvalue weighted by Crippen LogP contribution is 2.38. The van der Waals surface area contributed by atoms with E-state index < -0.39 is 17.8 Å². The van der Waals surface area contributed by atoms with E-state index in [-0.39, 0.29) is 17.7 Å². The fourth-order valence-electron chi connectivity index (χ4n) is 3.79. The summed E-state index contributed by atoms with van der Waals surface area (Å²) < 4.78 is 12.2. The first-order valence-corrected chi connectivity index (χ1v) is 11.1. The number of benzene rings is 1. The van der Waals surface area contributed by atoms with Crippen LogP contribution in [0.1, 0.15) is 58.4 Å². The molecular weight excluding hydrogens is 452 g/mol. The summed E-state index contributed by atoms with van der Waals surface area (Å²) in [5, 5.41) is 2.31. The molecule has 1 aromatic rings. The lowest BCUT2D eigenvalue weighted by Crippen LogP contribution is -2.58. The third-order valence-corrected chi connectivity index (χ3v) is 5.66. The third kappa shape index (κ3) is 4.86. The number of halogens is 1. The third-order valence-electron chi connectivity index (χ3n) is 5.07. The lowest BCUT2D eigenvalue weighted by molar-refractivity contribution is -0.132. The van der Waals surface area contributed by atoms with E-state index in [4.69, 9.17) is 9.47 Å². The number of ether oxygens (including phenoxy) is 2. The van der Waals surface area contributed by atoms with Gasteiger partial charge in [0.25, 0.3) is 11.8 Å². The summed E-state index contributed by atoms with van der Waals surface area (Å²) in [5.41, 5.74) is 0.532. The predicted molar refractivity (Wildman–Crippen MR) is 116 cm³/mol. The zero-order chi connectivity index (χ0) is 21.8. The molecule has 7 nitrogen and oxygen atoms in total. The smallest absolute Gasteiger partial charge is 0.331 e. The minimum atomic E-state index is -0.686. The molecule has 0 radical (unpaired) electrons. The molecule has 0 spiro atoms. The quantitative estimate of drug-likeness (QED) is 0.482. The molecule has 2 fully saturated rings. The van der Waals surface area contributed by atoms with E-state index in [2.05, 4.69) is 21.2 Å². The second-order valence-corrected chi connectivity index (χ2v) is 8.57. The Morgan fingerprint density at radius 3 is 2.53 bits per heavy atom. The van der Waals surface area contributed by atoms with Crippen LogP contribution in [0.5, 0.6) is 11.5 Å². The van der Waals surface area contributed by atoms with Crippen LogP contribution in [0.3, 0.4) is 0 Å². The molecule has 1 saturated carbocycles. The van der Waals surface area contributed by atoms with E-state index in [0.29, 0.717) is 28.1 Å². The van der Waals surface area contributed by atoms with Crippen LogP contribution >= 0.6 is 15.9 Å². The lowest BCUT2D eigenvalue weighted by Gasteiger charge is -2.35. The number of urea groups is 1. The van der Waals surface area contributed by atoms with Crippen LogP contribution in [0, 0.1) is 0 Å². The van der Waals surface area contributed by atoms with Crippen LogP contribution in [-0.2, 0) is 9.59 Å². The molecular formula is C22H27BrN2O5. The van der Waals surface area contributed by atoms with Gasteiger partial charge < -0.3 is 9.47 Å². The molecule has 1 aliphatic carbocycles. The van der Waals surface area contributed by atoms with Crippen LogP contribution < -0.4 is 14.8 Å². The number of hydrogen-bond donors (Lipinski definition) is 1. The Labute approximate surface area is 184 Å². The SMILES string of the molecule is CCOc1cc(C=C2C(=O)NC(=O)N(C3CCCCC3)C2=O)cc(Br)c1OC(C)C. The maximum absolute atomic E-state index is 13.1. The predicted octanol–water partition coefficient (Wildman–Crippen LogP) is 4.43. The van der Waals surface area contributed by atoms with Crippen molar-refractivity contribution in [1.29, 1.82) is 0 Å². The van der Waals surface area contributed by atoms with Gasteiger partial charge in [-0.05, 0) is 73.3 Å². The first-order chi connectivity index (χ1) is 14.3. The van der Waals surface area contributed by atoms with Crippen molar-refractivity contribution < 1.29 is 23.9 Å². The first kappa shape index (κ1) is 22.3. The van der Waals surface area contributed by atoms with Gasteiger partial charge in [-0.25, -0.2) is 4.79 Å². The number of nitrogens with zero attached hydrogens (tertiary/aromatic N) is 1. The number of imide groups is 2. The molecule has 1 N–H and O–H groups in total. The summed E-state index contributed by atoms with van der Waals surface area (Å²) in [6, 6.07) is 2.68. The van der Waals surface area contributed by atoms with Crippen LogP contribution in [0.4, 0.5) is 4.79 Å². The minimum Gasteiger partial charge on any atom is -0.490 e. The molecule has 1 heterocycles. The van der Waals surface area contributed by atoms with Gasteiger partial charge in [0.1, 0.15) is 5.57 Å².